The fraction of sp³-hybridized carbons (Fsp3) is 0.464. The van der Waals surface area contributed by atoms with Crippen LogP contribution in [0, 0.1) is 0 Å². The van der Waals surface area contributed by atoms with Crippen LogP contribution in [0.4, 0.5) is 0 Å². The molecule has 0 saturated carbocycles. The maximum absolute atomic E-state index is 13.9. The Bertz CT molecular complexity index is 1540. The molecular formula is C28H32O16. The molecule has 0 radical (unpaired) electrons. The van der Waals surface area contributed by atoms with Gasteiger partial charge in [-0.25, -0.2) is 0 Å². The quantitative estimate of drug-likeness (QED) is 0.141. The first-order valence-corrected chi connectivity index (χ1v) is 13.4. The number of aliphatic hydroxyl groups is 7. The van der Waals surface area contributed by atoms with Gasteiger partial charge in [0.2, 0.25) is 29.5 Å². The number of hydrogen-bond acceptors (Lipinski definition) is 16. The number of methoxy groups -OCH3 is 1. The molecule has 3 heterocycles. The average molecular weight is 625 g/mol. The maximum atomic E-state index is 13.9. The number of rotatable bonds is 7. The lowest BCUT2D eigenvalue weighted by molar-refractivity contribution is -0.277. The Hall–Kier alpha value is -3.71. The lowest BCUT2D eigenvalue weighted by Crippen LogP contribution is -2.60. The maximum Gasteiger partial charge on any atom is 0.239 e. The van der Waals surface area contributed by atoms with Crippen molar-refractivity contribution in [2.45, 2.75) is 68.3 Å². The van der Waals surface area contributed by atoms with Crippen molar-refractivity contribution in [2.24, 2.45) is 0 Å². The summed E-state index contributed by atoms with van der Waals surface area (Å²) in [4.78, 5) is 13.9. The molecule has 10 unspecified atom stereocenters. The summed E-state index contributed by atoms with van der Waals surface area (Å²) in [5.41, 5.74) is -1.22. The van der Waals surface area contributed by atoms with Gasteiger partial charge in [-0.15, -0.1) is 0 Å². The van der Waals surface area contributed by atoms with E-state index in [1.165, 1.54) is 38.3 Å². The Balaban J connectivity index is 1.65. The fourth-order valence-electron chi connectivity index (χ4n) is 4.99. The molecule has 9 N–H and O–H groups in total. The molecule has 16 heteroatoms. The molecule has 10 atom stereocenters. The minimum atomic E-state index is -1.82. The van der Waals surface area contributed by atoms with Gasteiger partial charge < -0.3 is 74.1 Å². The Morgan fingerprint density at radius 3 is 2.02 bits per heavy atom. The molecule has 16 nitrogen and oxygen atoms in total. The van der Waals surface area contributed by atoms with Gasteiger partial charge in [0.25, 0.3) is 0 Å². The third-order valence-electron chi connectivity index (χ3n) is 7.49. The Labute approximate surface area is 248 Å². The molecule has 5 rings (SSSR count). The predicted molar refractivity (Wildman–Crippen MR) is 145 cm³/mol. The van der Waals surface area contributed by atoms with E-state index >= 15 is 0 Å². The lowest BCUT2D eigenvalue weighted by Gasteiger charge is -2.39. The standard InChI is InChI=1S/C28H32O16/c1-9-16(32)19(35)21(37)27(40-9)44-26-18(34)15-12(31)7-13(41-28-22(38)20(36)17(33)14(8-29)42-28)24(39-2)25(15)43-23(26)10-3-5-11(30)6-4-10/h3-7,9,14,16-17,19-22,27-33,35-38H,8H2,1-2H3. The van der Waals surface area contributed by atoms with E-state index in [4.69, 9.17) is 28.1 Å². The predicted octanol–water partition coefficient (Wildman–Crippen LogP) is -1.74. The monoisotopic (exact) mass is 624 g/mol. The van der Waals surface area contributed by atoms with Crippen molar-refractivity contribution < 1.29 is 74.1 Å². The second-order valence-corrected chi connectivity index (χ2v) is 10.4. The number of benzene rings is 2. The summed E-state index contributed by atoms with van der Waals surface area (Å²) >= 11 is 0. The van der Waals surface area contributed by atoms with Crippen molar-refractivity contribution in [3.05, 3.63) is 40.6 Å². The topological polar surface area (TPSA) is 258 Å². The van der Waals surface area contributed by atoms with Crippen molar-refractivity contribution in [3.63, 3.8) is 0 Å². The summed E-state index contributed by atoms with van der Waals surface area (Å²) in [6, 6.07) is 6.23. The van der Waals surface area contributed by atoms with E-state index in [1.54, 1.807) is 0 Å². The average Bonchev–Trinajstić information content (AvgIpc) is 3.00. The molecule has 2 aliphatic heterocycles. The SMILES string of the molecule is COc1c(OC2OC(CO)C(O)C(O)C2O)cc(O)c2c(=O)c(OC3OC(C)C(O)C(O)C3O)c(-c3ccc(O)cc3)oc12. The Kier molecular flexibility index (Phi) is 8.90. The third-order valence-corrected chi connectivity index (χ3v) is 7.49. The number of phenolic OH excluding ortho intramolecular Hbond substituents is 2. The minimum absolute atomic E-state index is 0.123. The van der Waals surface area contributed by atoms with Crippen molar-refractivity contribution in [3.8, 4) is 40.1 Å². The highest BCUT2D eigenvalue weighted by Gasteiger charge is 2.46. The van der Waals surface area contributed by atoms with Crippen molar-refractivity contribution >= 4 is 11.0 Å². The van der Waals surface area contributed by atoms with E-state index in [1.807, 2.05) is 0 Å². The van der Waals surface area contributed by atoms with E-state index in [2.05, 4.69) is 0 Å². The van der Waals surface area contributed by atoms with Gasteiger partial charge in [-0.05, 0) is 31.2 Å². The molecule has 44 heavy (non-hydrogen) atoms. The summed E-state index contributed by atoms with van der Waals surface area (Å²) in [5.74, 6) is -2.36. The summed E-state index contributed by atoms with van der Waals surface area (Å²) in [7, 11) is 1.18. The van der Waals surface area contributed by atoms with E-state index in [0.29, 0.717) is 0 Å². The van der Waals surface area contributed by atoms with Crippen LogP contribution in [0.25, 0.3) is 22.3 Å². The van der Waals surface area contributed by atoms with Crippen LogP contribution in [-0.4, -0.2) is 121 Å². The first-order chi connectivity index (χ1) is 20.9. The van der Waals surface area contributed by atoms with Gasteiger partial charge in [0.05, 0.1) is 19.8 Å². The summed E-state index contributed by atoms with van der Waals surface area (Å²) in [6.45, 7) is 0.681. The van der Waals surface area contributed by atoms with Crippen LogP contribution in [0.15, 0.2) is 39.5 Å². The number of fused-ring (bicyclic) bond motifs is 1. The zero-order chi connectivity index (χ0) is 32.0. The number of hydrogen-bond donors (Lipinski definition) is 9. The van der Waals surface area contributed by atoms with E-state index < -0.39 is 90.3 Å². The molecule has 0 amide bonds. The highest BCUT2D eigenvalue weighted by atomic mass is 16.7. The second kappa shape index (κ2) is 12.4. The number of aliphatic hydroxyl groups excluding tert-OH is 7. The highest BCUT2D eigenvalue weighted by Crippen LogP contribution is 2.45. The lowest BCUT2D eigenvalue weighted by atomic mass is 9.99. The molecule has 0 spiro atoms. The van der Waals surface area contributed by atoms with Gasteiger partial charge >= 0.3 is 0 Å². The van der Waals surface area contributed by atoms with Crippen molar-refractivity contribution in [1.29, 1.82) is 0 Å². The van der Waals surface area contributed by atoms with Gasteiger partial charge in [0, 0.05) is 11.6 Å². The van der Waals surface area contributed by atoms with Crippen LogP contribution in [0.3, 0.4) is 0 Å². The number of ether oxygens (including phenoxy) is 5. The summed E-state index contributed by atoms with van der Waals surface area (Å²) in [5, 5.41) is 91.3. The smallest absolute Gasteiger partial charge is 0.239 e. The third kappa shape index (κ3) is 5.51. The number of aromatic hydroxyl groups is 2. The second-order valence-electron chi connectivity index (χ2n) is 10.4. The molecule has 3 aromatic rings. The zero-order valence-corrected chi connectivity index (χ0v) is 23.3. The van der Waals surface area contributed by atoms with Crippen molar-refractivity contribution in [2.75, 3.05) is 13.7 Å². The van der Waals surface area contributed by atoms with Crippen LogP contribution >= 0.6 is 0 Å². The largest absolute Gasteiger partial charge is 0.508 e. The highest BCUT2D eigenvalue weighted by molar-refractivity contribution is 5.93. The fourth-order valence-corrected chi connectivity index (χ4v) is 4.99. The van der Waals surface area contributed by atoms with Gasteiger partial charge in [-0.1, -0.05) is 0 Å². The molecule has 240 valence electrons. The first-order valence-electron chi connectivity index (χ1n) is 13.4. The van der Waals surface area contributed by atoms with Crippen LogP contribution in [-0.2, 0) is 9.47 Å². The number of phenols is 2. The molecular weight excluding hydrogens is 592 g/mol. The molecule has 2 fully saturated rings. The summed E-state index contributed by atoms with van der Waals surface area (Å²) < 4.78 is 33.7. The molecule has 0 aliphatic carbocycles. The van der Waals surface area contributed by atoms with E-state index in [0.717, 1.165) is 6.07 Å². The summed E-state index contributed by atoms with van der Waals surface area (Å²) in [6.07, 6.45) is -15.9. The zero-order valence-electron chi connectivity index (χ0n) is 23.3. The molecule has 2 aromatic carbocycles. The first kappa shape index (κ1) is 31.7. The molecule has 2 aliphatic rings. The van der Waals surface area contributed by atoms with Crippen LogP contribution in [0.2, 0.25) is 0 Å². The van der Waals surface area contributed by atoms with Gasteiger partial charge in [-0.3, -0.25) is 4.79 Å². The molecule has 1 aromatic heterocycles. The molecule has 2 saturated heterocycles. The van der Waals surface area contributed by atoms with Crippen LogP contribution in [0.1, 0.15) is 6.92 Å². The van der Waals surface area contributed by atoms with E-state index in [9.17, 15) is 50.8 Å². The normalized spacial score (nSPS) is 32.4. The Morgan fingerprint density at radius 2 is 1.41 bits per heavy atom. The van der Waals surface area contributed by atoms with Crippen LogP contribution < -0.4 is 19.6 Å². The Morgan fingerprint density at radius 1 is 0.795 bits per heavy atom. The minimum Gasteiger partial charge on any atom is -0.508 e. The van der Waals surface area contributed by atoms with Crippen LogP contribution in [0.5, 0.6) is 28.7 Å². The van der Waals surface area contributed by atoms with E-state index in [-0.39, 0.29) is 34.2 Å². The van der Waals surface area contributed by atoms with Gasteiger partial charge in [0.1, 0.15) is 59.6 Å². The van der Waals surface area contributed by atoms with Crippen molar-refractivity contribution in [1.82, 2.24) is 0 Å². The van der Waals surface area contributed by atoms with Gasteiger partial charge in [0.15, 0.2) is 17.1 Å². The molecule has 0 bridgehead atoms. The van der Waals surface area contributed by atoms with Gasteiger partial charge in [-0.2, -0.15) is 0 Å².